The van der Waals surface area contributed by atoms with E-state index in [1.807, 2.05) is 13.8 Å². The summed E-state index contributed by atoms with van der Waals surface area (Å²) in [5.41, 5.74) is 6.15. The Hall–Kier alpha value is -2.70. The summed E-state index contributed by atoms with van der Waals surface area (Å²) in [6, 6.07) is 14.0. The predicted octanol–water partition coefficient (Wildman–Crippen LogP) is 1.93. The molecular weight excluding hydrogens is 472 g/mol. The molecule has 0 bridgehead atoms. The Morgan fingerprint density at radius 2 is 1.22 bits per heavy atom. The van der Waals surface area contributed by atoms with E-state index in [1.165, 1.54) is 30.5 Å². The number of nitrogens with zero attached hydrogens (tertiary/aromatic N) is 3. The second kappa shape index (κ2) is 13.0. The van der Waals surface area contributed by atoms with Gasteiger partial charge in [0.2, 0.25) is 11.8 Å². The molecule has 184 valence electrons. The summed E-state index contributed by atoms with van der Waals surface area (Å²) in [4.78, 5) is 8.28. The van der Waals surface area contributed by atoms with Crippen LogP contribution in [0.4, 0.5) is 8.78 Å². The summed E-state index contributed by atoms with van der Waals surface area (Å²) in [7, 11) is 0. The largest absolute Gasteiger partial charge is 1.00 e. The average molecular weight is 502 g/mol. The zero-order chi connectivity index (χ0) is 24.9. The third kappa shape index (κ3) is 7.65. The summed E-state index contributed by atoms with van der Waals surface area (Å²) in [6.07, 6.45) is 3.20. The van der Waals surface area contributed by atoms with E-state index in [9.17, 15) is 8.78 Å². The van der Waals surface area contributed by atoms with Crippen molar-refractivity contribution in [2.24, 2.45) is 5.73 Å². The molecule has 4 aromatic rings. The normalized spacial score (nSPS) is 10.8. The van der Waals surface area contributed by atoms with Crippen LogP contribution >= 0.6 is 0 Å². The van der Waals surface area contributed by atoms with Gasteiger partial charge in [-0.25, -0.2) is 18.7 Å². The van der Waals surface area contributed by atoms with Crippen molar-refractivity contribution < 1.29 is 37.9 Å². The molecule has 0 aliphatic carbocycles. The van der Waals surface area contributed by atoms with Gasteiger partial charge in [0.05, 0.1) is 18.5 Å². The van der Waals surface area contributed by atoms with Gasteiger partial charge in [-0.05, 0) is 62.4 Å². The van der Waals surface area contributed by atoms with Crippen LogP contribution in [-0.4, -0.2) is 33.9 Å². The van der Waals surface area contributed by atoms with Crippen LogP contribution in [0.5, 0.6) is 0 Å². The Bertz CT molecular complexity index is 1290. The fourth-order valence-corrected chi connectivity index (χ4v) is 2.76. The van der Waals surface area contributed by atoms with Crippen LogP contribution in [0, 0.1) is 23.0 Å². The number of nitrogens with two attached hydrogens (primary N) is 1. The third-order valence-electron chi connectivity index (χ3n) is 5.27. The number of nitriles is 1. The number of aromatic nitrogens is 2. The first-order valence-electron chi connectivity index (χ1n) is 10.6. The van der Waals surface area contributed by atoms with Gasteiger partial charge in [-0.3, -0.25) is 0 Å². The number of rotatable bonds is 5. The van der Waals surface area contributed by atoms with E-state index in [-0.39, 0.29) is 54.7 Å². The van der Waals surface area contributed by atoms with Crippen molar-refractivity contribution in [3.05, 3.63) is 84.1 Å². The number of oxazole rings is 2. The maximum atomic E-state index is 12.8. The number of hydrogen-bond acceptors (Lipinski definition) is 6. The van der Waals surface area contributed by atoms with Crippen LogP contribution < -0.4 is 24.6 Å². The van der Waals surface area contributed by atoms with Gasteiger partial charge in [-0.1, -0.05) is 13.8 Å². The van der Waals surface area contributed by atoms with Gasteiger partial charge >= 0.3 is 18.9 Å². The molecule has 0 aliphatic rings. The maximum absolute atomic E-state index is 12.8. The Kier molecular flexibility index (Phi) is 11.3. The minimum absolute atomic E-state index is 0. The van der Waals surface area contributed by atoms with Crippen LogP contribution in [0.25, 0.3) is 22.9 Å². The second-order valence-electron chi connectivity index (χ2n) is 8.90. The Labute approximate surface area is 233 Å². The predicted molar refractivity (Wildman–Crippen MR) is 136 cm³/mol. The van der Waals surface area contributed by atoms with E-state index in [0.29, 0.717) is 29.6 Å². The zero-order valence-electron chi connectivity index (χ0n) is 21.5. The van der Waals surface area contributed by atoms with Gasteiger partial charge in [0.25, 0.3) is 0 Å². The second-order valence-corrected chi connectivity index (χ2v) is 8.90. The first-order valence-corrected chi connectivity index (χ1v) is 10.6. The number of hydrogen-bond donors (Lipinski definition) is 1. The van der Waals surface area contributed by atoms with Crippen molar-refractivity contribution in [2.75, 3.05) is 6.54 Å². The van der Waals surface area contributed by atoms with Crippen LogP contribution in [-0.2, 0) is 10.8 Å². The summed E-state index contributed by atoms with van der Waals surface area (Å²) in [5, 5.41) is 8.98. The fourth-order valence-electron chi connectivity index (χ4n) is 2.76. The van der Waals surface area contributed by atoms with E-state index in [2.05, 4.69) is 16.0 Å². The molecule has 0 aliphatic heterocycles. The molecule has 2 aromatic heterocycles. The van der Waals surface area contributed by atoms with Crippen molar-refractivity contribution >= 4 is 17.4 Å². The summed E-state index contributed by atoms with van der Waals surface area (Å²) < 4.78 is 36.7. The van der Waals surface area contributed by atoms with Crippen LogP contribution in [0.15, 0.2) is 69.8 Å². The number of halogens is 2. The molecular formula is C26H30AlF2LiN4O2. The van der Waals surface area contributed by atoms with Gasteiger partial charge in [-0.2, -0.15) is 5.26 Å². The molecule has 36 heavy (non-hydrogen) atoms. The zero-order valence-corrected chi connectivity index (χ0v) is 20.5. The molecule has 0 fully saturated rings. The van der Waals surface area contributed by atoms with Crippen molar-refractivity contribution in [1.29, 1.82) is 5.26 Å². The molecule has 2 aromatic carbocycles. The molecule has 0 amide bonds. The maximum Gasteiger partial charge on any atom is 1.00 e. The SMILES string of the molecule is CC(C)(C#N)c1cnc(-c2ccc(F)cc2)o1.CC(C)(CN)c1cnc(-c2ccc(F)cc2)o1.[AlH3].[H-].[Li+]. The van der Waals surface area contributed by atoms with Crippen molar-refractivity contribution in [1.82, 2.24) is 9.97 Å². The minimum Gasteiger partial charge on any atom is -1.00 e. The standard InChI is InChI=1S/C13H15FN2O.C13H11FN2O.Al.Li.4H/c2*1-13(2,8-15)11-7-16-12(17-11)9-3-5-10(14)6-4-9;;;;;;/h3-7H,8,15H2,1-2H3;3-7H,1-2H3;;;;;;/q;;;+1;;;;-1. The van der Waals surface area contributed by atoms with E-state index >= 15 is 0 Å². The Balaban J connectivity index is 0.000000648. The smallest absolute Gasteiger partial charge is 1.00 e. The van der Waals surface area contributed by atoms with Crippen molar-refractivity contribution in [2.45, 2.75) is 38.5 Å². The van der Waals surface area contributed by atoms with Crippen LogP contribution in [0.2, 0.25) is 0 Å². The van der Waals surface area contributed by atoms with Gasteiger partial charge in [-0.15, -0.1) is 0 Å². The van der Waals surface area contributed by atoms with Crippen molar-refractivity contribution in [3.8, 4) is 29.0 Å². The molecule has 0 saturated heterocycles. The molecule has 0 saturated carbocycles. The number of benzene rings is 2. The molecule has 2 heterocycles. The van der Waals surface area contributed by atoms with E-state index in [4.69, 9.17) is 19.8 Å². The van der Waals surface area contributed by atoms with Gasteiger partial charge in [0.1, 0.15) is 28.6 Å². The molecule has 0 atom stereocenters. The Morgan fingerprint density at radius 1 is 0.833 bits per heavy atom. The topological polar surface area (TPSA) is 102 Å². The fraction of sp³-hybridized carbons (Fsp3) is 0.269. The Morgan fingerprint density at radius 3 is 1.61 bits per heavy atom. The molecule has 4 rings (SSSR count). The minimum atomic E-state index is -0.717. The van der Waals surface area contributed by atoms with Crippen molar-refractivity contribution in [3.63, 3.8) is 0 Å². The summed E-state index contributed by atoms with van der Waals surface area (Å²) >= 11 is 0. The van der Waals surface area contributed by atoms with Gasteiger partial charge in [0, 0.05) is 23.1 Å². The van der Waals surface area contributed by atoms with E-state index < -0.39 is 5.41 Å². The van der Waals surface area contributed by atoms with Gasteiger partial charge < -0.3 is 16.0 Å². The molecule has 6 nitrogen and oxygen atoms in total. The molecule has 0 unspecified atom stereocenters. The monoisotopic (exact) mass is 502 g/mol. The van der Waals surface area contributed by atoms with Crippen LogP contribution in [0.1, 0.15) is 40.6 Å². The van der Waals surface area contributed by atoms with Crippen LogP contribution in [0.3, 0.4) is 0 Å². The average Bonchev–Trinajstić information content (AvgIpc) is 3.52. The van der Waals surface area contributed by atoms with Gasteiger partial charge in [0.15, 0.2) is 17.4 Å². The molecule has 0 radical (unpaired) electrons. The molecule has 2 N–H and O–H groups in total. The molecule has 10 heteroatoms. The summed E-state index contributed by atoms with van der Waals surface area (Å²) in [6.45, 7) is 7.96. The third-order valence-corrected chi connectivity index (χ3v) is 5.27. The van der Waals surface area contributed by atoms with E-state index in [0.717, 1.165) is 11.3 Å². The first-order chi connectivity index (χ1) is 16.1. The summed E-state index contributed by atoms with van der Waals surface area (Å²) in [5.74, 6) is 1.53. The first kappa shape index (κ1) is 31.3. The quantitative estimate of drug-likeness (QED) is 0.419. The molecule has 0 spiro atoms. The van der Waals surface area contributed by atoms with E-state index in [1.54, 1.807) is 44.3 Å².